The first-order valence-corrected chi connectivity index (χ1v) is 8.38. The Morgan fingerprint density at radius 3 is 2.52 bits per heavy atom. The van der Waals surface area contributed by atoms with Gasteiger partial charge in [-0.05, 0) is 30.2 Å². The molecule has 0 bridgehead atoms. The first-order chi connectivity index (χ1) is 9.99. The van der Waals surface area contributed by atoms with Crippen molar-refractivity contribution in [2.75, 3.05) is 6.26 Å². The Labute approximate surface area is 122 Å². The molecule has 2 heterocycles. The molecule has 0 saturated carbocycles. The molecule has 0 fully saturated rings. The first-order valence-electron chi connectivity index (χ1n) is 6.49. The van der Waals surface area contributed by atoms with Crippen LogP contribution in [0.3, 0.4) is 0 Å². The van der Waals surface area contributed by atoms with Crippen molar-refractivity contribution < 1.29 is 8.42 Å². The number of aryl methyl sites for hydroxylation is 1. The number of hydrogen-bond donors (Lipinski definition) is 0. The van der Waals surface area contributed by atoms with Crippen LogP contribution in [0.5, 0.6) is 0 Å². The standard InChI is InChI=1S/C14H14N4O2S/c1-3-11-8-13(14-16-15-9-18(14)17-11)10-4-6-12(7-5-10)21(2,19)20/h4-9H,3H2,1-2H3. The second kappa shape index (κ2) is 4.92. The molecule has 0 amide bonds. The molecule has 1 aromatic carbocycles. The minimum absolute atomic E-state index is 0.300. The third-order valence-electron chi connectivity index (χ3n) is 3.27. The average Bonchev–Trinajstić information content (AvgIpc) is 2.93. The van der Waals surface area contributed by atoms with Crippen LogP contribution in [0.25, 0.3) is 16.8 Å². The molecule has 3 aromatic rings. The van der Waals surface area contributed by atoms with Gasteiger partial charge < -0.3 is 0 Å². The number of aromatic nitrogens is 4. The second-order valence-electron chi connectivity index (χ2n) is 4.80. The molecular formula is C14H14N4O2S. The van der Waals surface area contributed by atoms with Crippen molar-refractivity contribution in [3.63, 3.8) is 0 Å². The Kier molecular flexibility index (Phi) is 3.21. The van der Waals surface area contributed by atoms with Crippen LogP contribution in [0, 0.1) is 0 Å². The number of benzene rings is 1. The maximum atomic E-state index is 11.5. The molecule has 21 heavy (non-hydrogen) atoms. The van der Waals surface area contributed by atoms with Gasteiger partial charge in [-0.3, -0.25) is 0 Å². The molecule has 0 N–H and O–H groups in total. The molecule has 0 spiro atoms. The van der Waals surface area contributed by atoms with Crippen molar-refractivity contribution in [1.82, 2.24) is 19.8 Å². The van der Waals surface area contributed by atoms with Crippen LogP contribution in [0.2, 0.25) is 0 Å². The summed E-state index contributed by atoms with van der Waals surface area (Å²) in [5, 5.41) is 12.3. The van der Waals surface area contributed by atoms with Gasteiger partial charge in [0, 0.05) is 11.8 Å². The molecule has 2 aromatic heterocycles. The lowest BCUT2D eigenvalue weighted by molar-refractivity contribution is 0.602. The number of hydrogen-bond acceptors (Lipinski definition) is 5. The van der Waals surface area contributed by atoms with Gasteiger partial charge in [-0.2, -0.15) is 9.61 Å². The molecule has 0 aliphatic carbocycles. The van der Waals surface area contributed by atoms with Crippen LogP contribution >= 0.6 is 0 Å². The van der Waals surface area contributed by atoms with Gasteiger partial charge in [0.15, 0.2) is 15.5 Å². The maximum Gasteiger partial charge on any atom is 0.185 e. The van der Waals surface area contributed by atoms with Crippen LogP contribution in [0.4, 0.5) is 0 Å². The molecule has 0 unspecified atom stereocenters. The van der Waals surface area contributed by atoms with Crippen LogP contribution in [0.1, 0.15) is 12.6 Å². The van der Waals surface area contributed by atoms with E-state index in [9.17, 15) is 8.42 Å². The number of nitrogens with zero attached hydrogens (tertiary/aromatic N) is 4. The summed E-state index contributed by atoms with van der Waals surface area (Å²) in [6.07, 6.45) is 3.55. The van der Waals surface area contributed by atoms with Gasteiger partial charge in [0.1, 0.15) is 6.33 Å². The van der Waals surface area contributed by atoms with Gasteiger partial charge in [-0.25, -0.2) is 8.42 Å². The van der Waals surface area contributed by atoms with E-state index in [-0.39, 0.29) is 0 Å². The number of rotatable bonds is 3. The highest BCUT2D eigenvalue weighted by atomic mass is 32.2. The molecule has 3 rings (SSSR count). The summed E-state index contributed by atoms with van der Waals surface area (Å²) in [6.45, 7) is 2.02. The summed E-state index contributed by atoms with van der Waals surface area (Å²) in [6, 6.07) is 8.71. The maximum absolute atomic E-state index is 11.5. The Morgan fingerprint density at radius 2 is 1.90 bits per heavy atom. The van der Waals surface area contributed by atoms with Crippen molar-refractivity contribution in [2.24, 2.45) is 0 Å². The summed E-state index contributed by atoms with van der Waals surface area (Å²) in [4.78, 5) is 0.300. The molecule has 0 saturated heterocycles. The summed E-state index contributed by atoms with van der Waals surface area (Å²) in [5.41, 5.74) is 3.35. The Morgan fingerprint density at radius 1 is 1.19 bits per heavy atom. The van der Waals surface area contributed by atoms with E-state index < -0.39 is 9.84 Å². The molecule has 0 atom stereocenters. The Balaban J connectivity index is 2.18. The van der Waals surface area contributed by atoms with Crippen LogP contribution < -0.4 is 0 Å². The smallest absolute Gasteiger partial charge is 0.185 e. The molecule has 7 heteroatoms. The zero-order valence-corrected chi connectivity index (χ0v) is 12.5. The lowest BCUT2D eigenvalue weighted by atomic mass is 10.1. The van der Waals surface area contributed by atoms with E-state index in [2.05, 4.69) is 15.3 Å². The fourth-order valence-electron chi connectivity index (χ4n) is 2.15. The van der Waals surface area contributed by atoms with Crippen molar-refractivity contribution in [1.29, 1.82) is 0 Å². The first kappa shape index (κ1) is 13.7. The number of fused-ring (bicyclic) bond motifs is 1. The third-order valence-corrected chi connectivity index (χ3v) is 4.40. The van der Waals surface area contributed by atoms with Crippen molar-refractivity contribution in [3.8, 4) is 11.1 Å². The van der Waals surface area contributed by atoms with Crippen LogP contribution in [0.15, 0.2) is 41.6 Å². The van der Waals surface area contributed by atoms with Crippen LogP contribution in [-0.4, -0.2) is 34.5 Å². The minimum atomic E-state index is -3.19. The molecular weight excluding hydrogens is 288 g/mol. The predicted molar refractivity (Wildman–Crippen MR) is 78.7 cm³/mol. The molecule has 0 aliphatic heterocycles. The van der Waals surface area contributed by atoms with E-state index in [0.29, 0.717) is 10.5 Å². The fraction of sp³-hybridized carbons (Fsp3) is 0.214. The van der Waals surface area contributed by atoms with E-state index in [1.54, 1.807) is 35.1 Å². The van der Waals surface area contributed by atoms with Gasteiger partial charge in [0.2, 0.25) is 0 Å². The van der Waals surface area contributed by atoms with Crippen LogP contribution in [-0.2, 0) is 16.3 Å². The van der Waals surface area contributed by atoms with E-state index in [1.807, 2.05) is 13.0 Å². The lowest BCUT2D eigenvalue weighted by Gasteiger charge is -2.06. The van der Waals surface area contributed by atoms with Crippen molar-refractivity contribution >= 4 is 15.5 Å². The van der Waals surface area contributed by atoms with Crippen molar-refractivity contribution in [3.05, 3.63) is 42.4 Å². The highest BCUT2D eigenvalue weighted by Crippen LogP contribution is 2.25. The van der Waals surface area contributed by atoms with E-state index in [4.69, 9.17) is 0 Å². The van der Waals surface area contributed by atoms with E-state index in [1.165, 1.54) is 6.26 Å². The largest absolute Gasteiger partial charge is 0.224 e. The van der Waals surface area contributed by atoms with Crippen molar-refractivity contribution in [2.45, 2.75) is 18.2 Å². The Hall–Kier alpha value is -2.28. The van der Waals surface area contributed by atoms with Gasteiger partial charge >= 0.3 is 0 Å². The normalized spacial score (nSPS) is 11.9. The molecule has 108 valence electrons. The fourth-order valence-corrected chi connectivity index (χ4v) is 2.78. The molecule has 0 aliphatic rings. The summed E-state index contributed by atoms with van der Waals surface area (Å²) < 4.78 is 24.7. The number of sulfone groups is 1. The molecule has 6 nitrogen and oxygen atoms in total. The third kappa shape index (κ3) is 2.52. The van der Waals surface area contributed by atoms with Gasteiger partial charge in [0.05, 0.1) is 10.6 Å². The minimum Gasteiger partial charge on any atom is -0.224 e. The zero-order chi connectivity index (χ0) is 15.0. The Bertz CT molecular complexity index is 898. The molecule has 0 radical (unpaired) electrons. The monoisotopic (exact) mass is 302 g/mol. The highest BCUT2D eigenvalue weighted by molar-refractivity contribution is 7.90. The average molecular weight is 302 g/mol. The summed E-state index contributed by atoms with van der Waals surface area (Å²) >= 11 is 0. The summed E-state index contributed by atoms with van der Waals surface area (Å²) in [7, 11) is -3.19. The quantitative estimate of drug-likeness (QED) is 0.736. The van der Waals surface area contributed by atoms with Gasteiger partial charge in [0.25, 0.3) is 0 Å². The second-order valence-corrected chi connectivity index (χ2v) is 6.81. The zero-order valence-electron chi connectivity index (χ0n) is 11.7. The summed E-state index contributed by atoms with van der Waals surface area (Å²) in [5.74, 6) is 0. The van der Waals surface area contributed by atoms with E-state index in [0.717, 1.165) is 23.2 Å². The van der Waals surface area contributed by atoms with Gasteiger partial charge in [-0.15, -0.1) is 10.2 Å². The SMILES string of the molecule is CCc1cc(-c2ccc(S(C)(=O)=O)cc2)c2nncn2n1. The predicted octanol–water partition coefficient (Wildman–Crippen LogP) is 1.76. The lowest BCUT2D eigenvalue weighted by Crippen LogP contribution is -1.99. The topological polar surface area (TPSA) is 77.2 Å². The van der Waals surface area contributed by atoms with E-state index >= 15 is 0 Å². The van der Waals surface area contributed by atoms with Gasteiger partial charge in [-0.1, -0.05) is 19.1 Å². The highest BCUT2D eigenvalue weighted by Gasteiger charge is 2.11.